The van der Waals surface area contributed by atoms with Gasteiger partial charge in [-0.1, -0.05) is 30.3 Å². The minimum Gasteiger partial charge on any atom is -0.373 e. The highest BCUT2D eigenvalue weighted by molar-refractivity contribution is 14.0. The van der Waals surface area contributed by atoms with Crippen molar-refractivity contribution in [3.8, 4) is 0 Å². The standard InChI is InChI=1S/C21H33N3OS.HI/c1-3-22-21(24-18-11-12-19(14-18)26-2)23-15-17-10-7-13-25-20(17)16-8-5-4-6-9-16;/h4-6,8-9,17-20H,3,7,10-15H2,1-2H3,(H2,22,23,24);1H. The van der Waals surface area contributed by atoms with Gasteiger partial charge in [0.1, 0.15) is 0 Å². The van der Waals surface area contributed by atoms with Crippen LogP contribution in [0.4, 0.5) is 0 Å². The number of halogens is 1. The summed E-state index contributed by atoms with van der Waals surface area (Å²) in [5.74, 6) is 1.42. The molecule has 0 bridgehead atoms. The van der Waals surface area contributed by atoms with Crippen molar-refractivity contribution >= 4 is 41.7 Å². The SMILES string of the molecule is CCNC(=NCC1CCCOC1c1ccccc1)NC1CCC(SC)C1.I. The molecule has 152 valence electrons. The van der Waals surface area contributed by atoms with Crippen LogP contribution in [0.3, 0.4) is 0 Å². The van der Waals surface area contributed by atoms with Gasteiger partial charge in [-0.3, -0.25) is 4.99 Å². The highest BCUT2D eigenvalue weighted by atomic mass is 127. The molecule has 1 saturated heterocycles. The number of hydrogen-bond acceptors (Lipinski definition) is 3. The quantitative estimate of drug-likeness (QED) is 0.338. The van der Waals surface area contributed by atoms with Crippen LogP contribution >= 0.6 is 35.7 Å². The molecule has 1 aromatic rings. The summed E-state index contributed by atoms with van der Waals surface area (Å²) in [6.07, 6.45) is 8.50. The zero-order chi connectivity index (χ0) is 18.2. The number of ether oxygens (including phenoxy) is 1. The first kappa shape index (κ1) is 22.8. The molecule has 1 saturated carbocycles. The van der Waals surface area contributed by atoms with Gasteiger partial charge < -0.3 is 15.4 Å². The van der Waals surface area contributed by atoms with Crippen LogP contribution in [-0.4, -0.2) is 43.2 Å². The summed E-state index contributed by atoms with van der Waals surface area (Å²) in [6, 6.07) is 11.2. The molecule has 6 heteroatoms. The molecule has 0 radical (unpaired) electrons. The summed E-state index contributed by atoms with van der Waals surface area (Å²) in [5.41, 5.74) is 1.28. The number of aliphatic imine (C=N–C) groups is 1. The van der Waals surface area contributed by atoms with E-state index in [9.17, 15) is 0 Å². The molecule has 1 aliphatic heterocycles. The van der Waals surface area contributed by atoms with Gasteiger partial charge in [0.25, 0.3) is 0 Å². The summed E-state index contributed by atoms with van der Waals surface area (Å²) in [5, 5.41) is 7.88. The van der Waals surface area contributed by atoms with Crippen molar-refractivity contribution in [1.82, 2.24) is 10.6 Å². The topological polar surface area (TPSA) is 45.7 Å². The van der Waals surface area contributed by atoms with Gasteiger partial charge >= 0.3 is 0 Å². The number of hydrogen-bond donors (Lipinski definition) is 2. The molecule has 1 aliphatic carbocycles. The van der Waals surface area contributed by atoms with Crippen molar-refractivity contribution in [2.45, 2.75) is 56.4 Å². The summed E-state index contributed by atoms with van der Waals surface area (Å²) in [7, 11) is 0. The lowest BCUT2D eigenvalue weighted by Crippen LogP contribution is -2.43. The van der Waals surface area contributed by atoms with Gasteiger partial charge in [0.15, 0.2) is 5.96 Å². The van der Waals surface area contributed by atoms with E-state index in [4.69, 9.17) is 9.73 Å². The van der Waals surface area contributed by atoms with Crippen molar-refractivity contribution < 1.29 is 4.74 Å². The van der Waals surface area contributed by atoms with E-state index < -0.39 is 0 Å². The molecular formula is C21H34IN3OS. The lowest BCUT2D eigenvalue weighted by molar-refractivity contribution is -0.0250. The Balaban J connectivity index is 0.00000261. The van der Waals surface area contributed by atoms with Crippen molar-refractivity contribution in [3.63, 3.8) is 0 Å². The van der Waals surface area contributed by atoms with Crippen LogP contribution in [0, 0.1) is 5.92 Å². The van der Waals surface area contributed by atoms with Crippen LogP contribution in [0.15, 0.2) is 35.3 Å². The Kier molecular flexibility index (Phi) is 10.3. The maximum absolute atomic E-state index is 6.12. The second-order valence-electron chi connectivity index (χ2n) is 7.34. The Morgan fingerprint density at radius 3 is 2.74 bits per heavy atom. The molecule has 2 aliphatic rings. The van der Waals surface area contributed by atoms with Crippen LogP contribution in [-0.2, 0) is 4.74 Å². The first-order valence-electron chi connectivity index (χ1n) is 10.0. The molecule has 1 aromatic carbocycles. The van der Waals surface area contributed by atoms with Gasteiger partial charge in [-0.25, -0.2) is 0 Å². The zero-order valence-electron chi connectivity index (χ0n) is 16.5. The number of rotatable bonds is 6. The minimum atomic E-state index is 0. The second-order valence-corrected chi connectivity index (χ2v) is 8.47. The fourth-order valence-electron chi connectivity index (χ4n) is 4.05. The van der Waals surface area contributed by atoms with E-state index in [1.807, 2.05) is 11.8 Å². The van der Waals surface area contributed by atoms with E-state index in [0.29, 0.717) is 12.0 Å². The van der Waals surface area contributed by atoms with E-state index in [0.717, 1.165) is 37.3 Å². The average molecular weight is 503 g/mol. The predicted molar refractivity (Wildman–Crippen MR) is 127 cm³/mol. The van der Waals surface area contributed by atoms with Gasteiger partial charge in [-0.15, -0.1) is 24.0 Å². The normalized spacial score (nSPS) is 28.4. The molecule has 0 spiro atoms. The molecule has 4 nitrogen and oxygen atoms in total. The third-order valence-corrected chi connectivity index (χ3v) is 6.55. The van der Waals surface area contributed by atoms with E-state index >= 15 is 0 Å². The monoisotopic (exact) mass is 503 g/mol. The highest BCUT2D eigenvalue weighted by Crippen LogP contribution is 2.33. The smallest absolute Gasteiger partial charge is 0.191 e. The molecule has 1 heterocycles. The molecule has 0 amide bonds. The minimum absolute atomic E-state index is 0. The summed E-state index contributed by atoms with van der Waals surface area (Å²) >= 11 is 1.99. The number of thioether (sulfide) groups is 1. The van der Waals surface area contributed by atoms with Gasteiger partial charge in [-0.2, -0.15) is 11.8 Å². The van der Waals surface area contributed by atoms with Crippen LogP contribution in [0.25, 0.3) is 0 Å². The van der Waals surface area contributed by atoms with Crippen molar-refractivity contribution in [1.29, 1.82) is 0 Å². The average Bonchev–Trinajstić information content (AvgIpc) is 3.15. The Bertz CT molecular complexity index is 572. The first-order chi connectivity index (χ1) is 12.8. The van der Waals surface area contributed by atoms with E-state index in [2.05, 4.69) is 54.1 Å². The summed E-state index contributed by atoms with van der Waals surface area (Å²) in [6.45, 7) is 4.70. The van der Waals surface area contributed by atoms with Gasteiger partial charge in [0.05, 0.1) is 6.10 Å². The van der Waals surface area contributed by atoms with E-state index in [1.54, 1.807) is 0 Å². The molecular weight excluding hydrogens is 469 g/mol. The molecule has 4 unspecified atom stereocenters. The Morgan fingerprint density at radius 1 is 1.22 bits per heavy atom. The highest BCUT2D eigenvalue weighted by Gasteiger charge is 2.28. The lowest BCUT2D eigenvalue weighted by Gasteiger charge is -2.31. The first-order valence-corrected chi connectivity index (χ1v) is 11.3. The Hall–Kier alpha value is -0.470. The van der Waals surface area contributed by atoms with Crippen molar-refractivity contribution in [2.24, 2.45) is 10.9 Å². The van der Waals surface area contributed by atoms with E-state index in [1.165, 1.54) is 31.2 Å². The van der Waals surface area contributed by atoms with E-state index in [-0.39, 0.29) is 30.1 Å². The fourth-order valence-corrected chi connectivity index (χ4v) is 4.85. The summed E-state index contributed by atoms with van der Waals surface area (Å²) < 4.78 is 6.12. The molecule has 3 rings (SSSR count). The maximum atomic E-state index is 6.12. The molecule has 27 heavy (non-hydrogen) atoms. The number of nitrogens with zero attached hydrogens (tertiary/aromatic N) is 1. The van der Waals surface area contributed by atoms with Crippen LogP contribution < -0.4 is 10.6 Å². The zero-order valence-corrected chi connectivity index (χ0v) is 19.7. The van der Waals surface area contributed by atoms with Gasteiger partial charge in [0.2, 0.25) is 0 Å². The maximum Gasteiger partial charge on any atom is 0.191 e. The Labute approximate surface area is 185 Å². The second kappa shape index (κ2) is 12.2. The Morgan fingerprint density at radius 2 is 2.04 bits per heavy atom. The van der Waals surface area contributed by atoms with Crippen molar-refractivity contribution in [3.05, 3.63) is 35.9 Å². The third-order valence-electron chi connectivity index (χ3n) is 5.46. The van der Waals surface area contributed by atoms with Crippen LogP contribution in [0.2, 0.25) is 0 Å². The largest absolute Gasteiger partial charge is 0.373 e. The number of guanidine groups is 1. The fraction of sp³-hybridized carbons (Fsp3) is 0.667. The molecule has 0 aromatic heterocycles. The predicted octanol–water partition coefficient (Wildman–Crippen LogP) is 4.61. The van der Waals surface area contributed by atoms with Crippen LogP contribution in [0.5, 0.6) is 0 Å². The van der Waals surface area contributed by atoms with Gasteiger partial charge in [-0.05, 0) is 50.8 Å². The number of nitrogens with one attached hydrogen (secondary N) is 2. The van der Waals surface area contributed by atoms with Crippen molar-refractivity contribution in [2.75, 3.05) is 26.0 Å². The van der Waals surface area contributed by atoms with Crippen LogP contribution in [0.1, 0.15) is 50.7 Å². The molecule has 2 N–H and O–H groups in total. The van der Waals surface area contributed by atoms with Gasteiger partial charge in [0, 0.05) is 36.9 Å². The third kappa shape index (κ3) is 6.82. The number of benzene rings is 1. The summed E-state index contributed by atoms with van der Waals surface area (Å²) in [4.78, 5) is 4.93. The molecule has 4 atom stereocenters. The molecule has 2 fully saturated rings. The lowest BCUT2D eigenvalue weighted by atomic mass is 9.89.